The van der Waals surface area contributed by atoms with Gasteiger partial charge in [0.25, 0.3) is 0 Å². The second-order valence-electron chi connectivity index (χ2n) is 4.45. The molecular weight excluding hydrogens is 480 g/mol. The molecule has 0 N–H and O–H groups in total. The number of ether oxygens (including phenoxy) is 1. The van der Waals surface area contributed by atoms with Crippen molar-refractivity contribution >= 4 is 91.4 Å². The number of amides is 1. The van der Waals surface area contributed by atoms with Gasteiger partial charge in [-0.2, -0.15) is 0 Å². The molecule has 1 aliphatic heterocycles. The van der Waals surface area contributed by atoms with Crippen molar-refractivity contribution in [1.82, 2.24) is 0 Å². The summed E-state index contributed by atoms with van der Waals surface area (Å²) in [5.74, 6) is -1.15. The molecule has 20 heavy (non-hydrogen) atoms. The largest absolute Gasteiger partial charge is 0.478 e. The van der Waals surface area contributed by atoms with Crippen LogP contribution in [-0.2, 0) is 27.1 Å². The number of carbonyl (C=O) groups excluding carboxylic acids is 2. The summed E-state index contributed by atoms with van der Waals surface area (Å²) in [6.45, 7) is 3.08. The van der Waals surface area contributed by atoms with E-state index in [9.17, 15) is 9.59 Å². The van der Waals surface area contributed by atoms with Crippen molar-refractivity contribution in [3.63, 3.8) is 0 Å². The number of halogens is 5. The van der Waals surface area contributed by atoms with Gasteiger partial charge in [-0.25, -0.2) is 9.59 Å². The maximum Gasteiger partial charge on any atom is 0.391 e. The standard InChI is InChI=1S/C10H10Br2Cl3NO3S/c1-5(2)6(7(17)19-4-10(13,14)15)16(20)3-9(11,12)8(16)18/h3-4H2,1-2H3. The Morgan fingerprint density at radius 3 is 2.25 bits per heavy atom. The Morgan fingerprint density at radius 1 is 1.45 bits per heavy atom. The molecule has 114 valence electrons. The Labute approximate surface area is 154 Å². The lowest BCUT2D eigenvalue weighted by atomic mass is 10.1. The lowest BCUT2D eigenvalue weighted by Gasteiger charge is -2.54. The lowest BCUT2D eigenvalue weighted by Crippen LogP contribution is -2.70. The summed E-state index contributed by atoms with van der Waals surface area (Å²) < 4.78 is 1.69. The number of likely N-dealkylation sites (tertiary alicyclic amines) is 1. The van der Waals surface area contributed by atoms with Gasteiger partial charge in [-0.1, -0.05) is 66.7 Å². The highest BCUT2D eigenvalue weighted by molar-refractivity contribution is 9.26. The number of alkyl halides is 5. The normalized spacial score (nSPS) is 24.9. The molecule has 0 aromatic heterocycles. The zero-order valence-corrected chi connectivity index (χ0v) is 16.6. The fourth-order valence-corrected chi connectivity index (χ4v) is 4.40. The van der Waals surface area contributed by atoms with Gasteiger partial charge in [0.05, 0.1) is 0 Å². The van der Waals surface area contributed by atoms with Crippen molar-refractivity contribution in [3.05, 3.63) is 11.3 Å². The molecule has 10 heteroatoms. The van der Waals surface area contributed by atoms with Crippen LogP contribution in [0.25, 0.3) is 0 Å². The second kappa shape index (κ2) is 6.26. The number of nitrogens with zero attached hydrogens (tertiary/aromatic N) is 1. The Hall–Kier alpha value is 1.02. The predicted molar refractivity (Wildman–Crippen MR) is 87.7 cm³/mol. The number of β-lactam (4-membered cyclic amide) rings is 1. The maximum atomic E-state index is 12.1. The van der Waals surface area contributed by atoms with Crippen LogP contribution in [0.3, 0.4) is 0 Å². The van der Waals surface area contributed by atoms with E-state index in [1.54, 1.807) is 13.8 Å². The van der Waals surface area contributed by atoms with E-state index in [0.29, 0.717) is 5.57 Å². The predicted octanol–water partition coefficient (Wildman–Crippen LogP) is 3.50. The first-order valence-electron chi connectivity index (χ1n) is 5.25. The van der Waals surface area contributed by atoms with E-state index in [-0.39, 0.29) is 18.1 Å². The molecule has 0 aliphatic carbocycles. The van der Waals surface area contributed by atoms with E-state index in [1.807, 2.05) is 0 Å². The number of quaternary nitrogens is 1. The van der Waals surface area contributed by atoms with Gasteiger partial charge >= 0.3 is 11.9 Å². The summed E-state index contributed by atoms with van der Waals surface area (Å²) in [7, 11) is 0. The number of carbonyl (C=O) groups is 2. The quantitative estimate of drug-likeness (QED) is 0.152. The Balaban J connectivity index is 2.97. The van der Waals surface area contributed by atoms with Crippen LogP contribution in [0, 0.1) is 0 Å². The maximum absolute atomic E-state index is 12.1. The Bertz CT molecular complexity index is 489. The van der Waals surface area contributed by atoms with Gasteiger partial charge in [-0.15, -0.1) is 0 Å². The molecule has 4 nitrogen and oxygen atoms in total. The van der Waals surface area contributed by atoms with Gasteiger partial charge < -0.3 is 21.4 Å². The van der Waals surface area contributed by atoms with Gasteiger partial charge in [0.2, 0.25) is 12.7 Å². The SMILES string of the molecule is CC(C)=C(C(=O)OCC(Cl)(Cl)Cl)[N+]1([S-])CC(Br)(Br)C1=O. The highest BCUT2D eigenvalue weighted by Gasteiger charge is 2.61. The fraction of sp³-hybridized carbons (Fsp3) is 0.600. The summed E-state index contributed by atoms with van der Waals surface area (Å²) in [5, 5.41) is 0. The summed E-state index contributed by atoms with van der Waals surface area (Å²) in [6.07, 6.45) is 0. The van der Waals surface area contributed by atoms with Crippen molar-refractivity contribution < 1.29 is 18.2 Å². The first-order chi connectivity index (χ1) is 8.81. The minimum absolute atomic E-state index is 0.0637. The van der Waals surface area contributed by atoms with E-state index in [4.69, 9.17) is 52.4 Å². The molecule has 0 saturated carbocycles. The number of esters is 1. The average Bonchev–Trinajstić information content (AvgIpc) is 2.23. The summed E-state index contributed by atoms with van der Waals surface area (Å²) in [5.41, 5.74) is 0.631. The van der Waals surface area contributed by atoms with Gasteiger partial charge in [0.15, 0.2) is 0 Å². The van der Waals surface area contributed by atoms with Crippen LogP contribution >= 0.6 is 66.7 Å². The van der Waals surface area contributed by atoms with Gasteiger partial charge in [0, 0.05) is 0 Å². The molecule has 0 aromatic carbocycles. The van der Waals surface area contributed by atoms with E-state index in [2.05, 4.69) is 31.9 Å². The minimum Gasteiger partial charge on any atom is -0.478 e. The van der Waals surface area contributed by atoms with Crippen LogP contribution in [0.5, 0.6) is 0 Å². The van der Waals surface area contributed by atoms with E-state index >= 15 is 0 Å². The van der Waals surface area contributed by atoms with Gasteiger partial charge in [-0.3, -0.25) is 0 Å². The Morgan fingerprint density at radius 2 is 1.95 bits per heavy atom. The van der Waals surface area contributed by atoms with Gasteiger partial charge in [0.1, 0.15) is 13.2 Å². The molecule has 1 atom stereocenters. The molecule has 1 aliphatic rings. The number of allylic oxidation sites excluding steroid dienone is 1. The fourth-order valence-electron chi connectivity index (χ4n) is 1.70. The second-order valence-corrected chi connectivity index (χ2v) is 11.4. The van der Waals surface area contributed by atoms with Crippen molar-refractivity contribution in [3.8, 4) is 0 Å². The zero-order valence-electron chi connectivity index (χ0n) is 10.4. The number of hydrogen-bond donors (Lipinski definition) is 0. The first kappa shape index (κ1) is 19.1. The highest BCUT2D eigenvalue weighted by atomic mass is 79.9. The molecule has 0 bridgehead atoms. The van der Waals surface area contributed by atoms with Crippen molar-refractivity contribution in [2.45, 2.75) is 20.9 Å². The molecule has 1 fully saturated rings. The Kier molecular flexibility index (Phi) is 5.97. The molecule has 0 radical (unpaired) electrons. The smallest absolute Gasteiger partial charge is 0.391 e. The van der Waals surface area contributed by atoms with E-state index < -0.39 is 23.5 Å². The summed E-state index contributed by atoms with van der Waals surface area (Å²) >= 11 is 28.2. The molecule has 0 aromatic rings. The highest BCUT2D eigenvalue weighted by Crippen LogP contribution is 2.46. The van der Waals surface area contributed by atoms with Crippen LogP contribution in [0.2, 0.25) is 0 Å². The number of rotatable bonds is 3. The van der Waals surface area contributed by atoms with Gasteiger partial charge in [-0.05, 0) is 19.4 Å². The molecule has 1 saturated heterocycles. The van der Waals surface area contributed by atoms with Crippen LogP contribution in [-0.4, -0.2) is 35.9 Å². The zero-order chi connectivity index (χ0) is 15.9. The van der Waals surface area contributed by atoms with Crippen LogP contribution in [0.4, 0.5) is 0 Å². The van der Waals surface area contributed by atoms with Crippen LogP contribution in [0.1, 0.15) is 13.8 Å². The molecule has 1 heterocycles. The van der Waals surface area contributed by atoms with Crippen molar-refractivity contribution in [2.24, 2.45) is 0 Å². The molecule has 1 rings (SSSR count). The molecular formula is C10H10Br2Cl3NO3S. The van der Waals surface area contributed by atoms with Crippen molar-refractivity contribution in [2.75, 3.05) is 13.2 Å². The van der Waals surface area contributed by atoms with Crippen LogP contribution < -0.4 is 0 Å². The first-order valence-corrected chi connectivity index (χ1v) is 8.33. The minimum atomic E-state index is -1.72. The average molecular weight is 490 g/mol. The van der Waals surface area contributed by atoms with E-state index in [1.165, 1.54) is 0 Å². The summed E-state index contributed by atoms with van der Waals surface area (Å²) in [6, 6.07) is 0. The van der Waals surface area contributed by atoms with E-state index in [0.717, 1.165) is 0 Å². The molecule has 1 unspecified atom stereocenters. The van der Waals surface area contributed by atoms with Crippen LogP contribution in [0.15, 0.2) is 11.3 Å². The molecule has 0 spiro atoms. The van der Waals surface area contributed by atoms with Crippen molar-refractivity contribution in [1.29, 1.82) is 0 Å². The molecule has 1 amide bonds. The third-order valence-corrected chi connectivity index (χ3v) is 4.44. The number of hydrogen-bond acceptors (Lipinski definition) is 4. The third-order valence-electron chi connectivity index (χ3n) is 2.46. The monoisotopic (exact) mass is 487 g/mol. The summed E-state index contributed by atoms with van der Waals surface area (Å²) in [4.78, 5) is 24.2. The topological polar surface area (TPSA) is 43.4 Å². The lowest BCUT2D eigenvalue weighted by molar-refractivity contribution is -0.700. The third kappa shape index (κ3) is 4.06.